The van der Waals surface area contributed by atoms with Crippen molar-refractivity contribution in [3.05, 3.63) is 48.6 Å². The molecule has 0 saturated carbocycles. The van der Waals surface area contributed by atoms with E-state index in [2.05, 4.69) is 19.1 Å². The molecule has 0 aromatic heterocycles. The van der Waals surface area contributed by atoms with Gasteiger partial charge in [0.05, 0.1) is 0 Å². The molecule has 112 valence electrons. The van der Waals surface area contributed by atoms with Crippen molar-refractivity contribution in [3.8, 4) is 0 Å². The van der Waals surface area contributed by atoms with Crippen LogP contribution in [-0.2, 0) is 4.79 Å². The summed E-state index contributed by atoms with van der Waals surface area (Å²) in [5.74, 6) is 0.0771. The summed E-state index contributed by atoms with van der Waals surface area (Å²) in [6, 6.07) is 0. The van der Waals surface area contributed by atoms with Crippen LogP contribution >= 0.6 is 0 Å². The van der Waals surface area contributed by atoms with E-state index >= 15 is 0 Å². The van der Waals surface area contributed by atoms with Crippen molar-refractivity contribution in [1.82, 2.24) is 0 Å². The molecule has 0 bridgehead atoms. The molecule has 0 aromatic carbocycles. The summed E-state index contributed by atoms with van der Waals surface area (Å²) in [5.41, 5.74) is 0. The molecular formula is C19H30O. The second-order valence-electron chi connectivity index (χ2n) is 5.08. The molecule has 1 heteroatoms. The van der Waals surface area contributed by atoms with Crippen LogP contribution < -0.4 is 0 Å². The lowest BCUT2D eigenvalue weighted by Gasteiger charge is -1.98. The molecule has 0 aliphatic carbocycles. The summed E-state index contributed by atoms with van der Waals surface area (Å²) in [4.78, 5) is 10.6. The zero-order valence-electron chi connectivity index (χ0n) is 13.2. The van der Waals surface area contributed by atoms with E-state index in [0.717, 1.165) is 0 Å². The Hall–Kier alpha value is -1.37. The highest BCUT2D eigenvalue weighted by Gasteiger charge is 1.88. The van der Waals surface area contributed by atoms with Crippen molar-refractivity contribution in [1.29, 1.82) is 0 Å². The zero-order chi connectivity index (χ0) is 14.9. The number of hydrogen-bond donors (Lipinski definition) is 0. The molecule has 0 saturated heterocycles. The van der Waals surface area contributed by atoms with Crippen molar-refractivity contribution in [2.24, 2.45) is 0 Å². The molecule has 20 heavy (non-hydrogen) atoms. The normalized spacial score (nSPS) is 12.5. The van der Waals surface area contributed by atoms with Gasteiger partial charge in [0.2, 0.25) is 0 Å². The summed E-state index contributed by atoms with van der Waals surface area (Å²) in [6.07, 6.45) is 26.2. The molecule has 0 aliphatic rings. The fourth-order valence-electron chi connectivity index (χ4n) is 1.84. The molecule has 0 aromatic rings. The largest absolute Gasteiger partial charge is 0.295 e. The third-order valence-corrected chi connectivity index (χ3v) is 3.00. The minimum atomic E-state index is 0.0771. The Morgan fingerprint density at radius 2 is 1.30 bits per heavy atom. The topological polar surface area (TPSA) is 17.1 Å². The Labute approximate surface area is 125 Å². The Bertz CT molecular complexity index is 332. The lowest BCUT2D eigenvalue weighted by molar-refractivity contribution is -0.112. The molecule has 0 rings (SSSR count). The average Bonchev–Trinajstić information content (AvgIpc) is 2.43. The second kappa shape index (κ2) is 15.7. The Balaban J connectivity index is 3.41. The van der Waals surface area contributed by atoms with E-state index in [1.54, 1.807) is 19.1 Å². The van der Waals surface area contributed by atoms with Gasteiger partial charge in [-0.25, -0.2) is 0 Å². The highest BCUT2D eigenvalue weighted by atomic mass is 16.1. The van der Waals surface area contributed by atoms with Crippen LogP contribution in [0.25, 0.3) is 0 Å². The molecule has 0 aliphatic heterocycles. The minimum Gasteiger partial charge on any atom is -0.295 e. The third-order valence-electron chi connectivity index (χ3n) is 3.00. The van der Waals surface area contributed by atoms with Gasteiger partial charge in [-0.2, -0.15) is 0 Å². The molecule has 0 fully saturated rings. The van der Waals surface area contributed by atoms with Gasteiger partial charge in [-0.15, -0.1) is 0 Å². The highest BCUT2D eigenvalue weighted by molar-refractivity contribution is 5.87. The van der Waals surface area contributed by atoms with Crippen molar-refractivity contribution < 1.29 is 4.79 Å². The summed E-state index contributed by atoms with van der Waals surface area (Å²) in [7, 11) is 0. The van der Waals surface area contributed by atoms with E-state index in [1.807, 2.05) is 24.3 Å². The number of carbonyl (C=O) groups excluding carboxylic acids is 1. The van der Waals surface area contributed by atoms with Gasteiger partial charge >= 0.3 is 0 Å². The second-order valence-corrected chi connectivity index (χ2v) is 5.08. The van der Waals surface area contributed by atoms with E-state index in [-0.39, 0.29) is 5.78 Å². The quantitative estimate of drug-likeness (QED) is 0.244. The van der Waals surface area contributed by atoms with Gasteiger partial charge in [-0.3, -0.25) is 4.79 Å². The lowest BCUT2D eigenvalue weighted by Crippen LogP contribution is -1.78. The van der Waals surface area contributed by atoms with Gasteiger partial charge in [0, 0.05) is 0 Å². The number of allylic oxidation sites excluding steroid dienone is 8. The fraction of sp³-hybridized carbons (Fsp3) is 0.526. The monoisotopic (exact) mass is 274 g/mol. The number of hydrogen-bond acceptors (Lipinski definition) is 1. The Morgan fingerprint density at radius 1 is 0.750 bits per heavy atom. The van der Waals surface area contributed by atoms with Gasteiger partial charge in [0.15, 0.2) is 5.78 Å². The average molecular weight is 274 g/mol. The van der Waals surface area contributed by atoms with Crippen molar-refractivity contribution in [2.75, 3.05) is 0 Å². The van der Waals surface area contributed by atoms with Crippen LogP contribution in [0.5, 0.6) is 0 Å². The van der Waals surface area contributed by atoms with Crippen molar-refractivity contribution in [2.45, 2.75) is 65.2 Å². The van der Waals surface area contributed by atoms with Crippen LogP contribution in [0.3, 0.4) is 0 Å². The SMILES string of the molecule is CCCCCCCCC/C=C/C=C/C=C/C=C/C(C)=O. The first kappa shape index (κ1) is 18.6. The number of carbonyl (C=O) groups is 1. The van der Waals surface area contributed by atoms with Gasteiger partial charge in [-0.05, 0) is 25.8 Å². The van der Waals surface area contributed by atoms with E-state index in [1.165, 1.54) is 51.4 Å². The van der Waals surface area contributed by atoms with Crippen LogP contribution in [0.1, 0.15) is 65.2 Å². The molecule has 0 radical (unpaired) electrons. The van der Waals surface area contributed by atoms with Gasteiger partial charge in [0.1, 0.15) is 0 Å². The van der Waals surface area contributed by atoms with Gasteiger partial charge in [-0.1, -0.05) is 88.0 Å². The first-order valence-corrected chi connectivity index (χ1v) is 7.94. The van der Waals surface area contributed by atoms with Crippen LogP contribution in [-0.4, -0.2) is 5.78 Å². The molecular weight excluding hydrogens is 244 g/mol. The molecule has 0 N–H and O–H groups in total. The maximum absolute atomic E-state index is 10.6. The molecule has 0 spiro atoms. The summed E-state index contributed by atoms with van der Waals surface area (Å²) in [5, 5.41) is 0. The molecule has 1 nitrogen and oxygen atoms in total. The van der Waals surface area contributed by atoms with Crippen LogP contribution in [0, 0.1) is 0 Å². The predicted molar refractivity (Wildman–Crippen MR) is 89.9 cm³/mol. The summed E-state index contributed by atoms with van der Waals surface area (Å²) < 4.78 is 0. The van der Waals surface area contributed by atoms with E-state index in [4.69, 9.17) is 0 Å². The minimum absolute atomic E-state index is 0.0771. The zero-order valence-corrected chi connectivity index (χ0v) is 13.2. The van der Waals surface area contributed by atoms with Gasteiger partial charge < -0.3 is 0 Å². The maximum atomic E-state index is 10.6. The van der Waals surface area contributed by atoms with Gasteiger partial charge in [0.25, 0.3) is 0 Å². The smallest absolute Gasteiger partial charge is 0.152 e. The molecule has 0 amide bonds. The maximum Gasteiger partial charge on any atom is 0.152 e. The Morgan fingerprint density at radius 3 is 1.95 bits per heavy atom. The standard InChI is InChI=1S/C19H30O/c1-3-4-5-6-7-8-9-10-11-12-13-14-15-16-17-18-19(2)20/h11-18H,3-10H2,1-2H3/b12-11+,14-13+,16-15+,18-17+. The predicted octanol–water partition coefficient (Wildman–Crippen LogP) is 5.94. The van der Waals surface area contributed by atoms with E-state index in [9.17, 15) is 4.79 Å². The molecule has 0 unspecified atom stereocenters. The number of rotatable bonds is 12. The first-order chi connectivity index (χ1) is 9.77. The first-order valence-electron chi connectivity index (χ1n) is 7.94. The number of ketones is 1. The third kappa shape index (κ3) is 16.6. The summed E-state index contributed by atoms with van der Waals surface area (Å²) in [6.45, 7) is 3.81. The number of unbranched alkanes of at least 4 members (excludes halogenated alkanes) is 7. The summed E-state index contributed by atoms with van der Waals surface area (Å²) >= 11 is 0. The Kier molecular flexibility index (Phi) is 14.6. The highest BCUT2D eigenvalue weighted by Crippen LogP contribution is 2.08. The fourth-order valence-corrected chi connectivity index (χ4v) is 1.84. The van der Waals surface area contributed by atoms with Crippen molar-refractivity contribution >= 4 is 5.78 Å². The molecule has 0 heterocycles. The lowest BCUT2D eigenvalue weighted by atomic mass is 10.1. The van der Waals surface area contributed by atoms with Crippen molar-refractivity contribution in [3.63, 3.8) is 0 Å². The van der Waals surface area contributed by atoms with Crippen LogP contribution in [0.2, 0.25) is 0 Å². The molecule has 0 atom stereocenters. The van der Waals surface area contributed by atoms with Crippen LogP contribution in [0.15, 0.2) is 48.6 Å². The van der Waals surface area contributed by atoms with E-state index in [0.29, 0.717) is 0 Å². The van der Waals surface area contributed by atoms with E-state index < -0.39 is 0 Å². The van der Waals surface area contributed by atoms with Crippen LogP contribution in [0.4, 0.5) is 0 Å².